The second-order valence-corrected chi connectivity index (χ2v) is 6.00. The minimum Gasteiger partial charge on any atom is -0.493 e. The predicted octanol–water partition coefficient (Wildman–Crippen LogP) is 4.44. The molecule has 0 saturated carbocycles. The van der Waals surface area contributed by atoms with Crippen molar-refractivity contribution < 1.29 is 9.84 Å². The van der Waals surface area contributed by atoms with Crippen LogP contribution in [0.15, 0.2) is 53.0 Å². The maximum atomic E-state index is 10.5. The highest BCUT2D eigenvalue weighted by atomic mass is 79.9. The molecule has 1 heterocycles. The Morgan fingerprint density at radius 2 is 1.90 bits per heavy atom. The molecule has 0 fully saturated rings. The lowest BCUT2D eigenvalue weighted by molar-refractivity contribution is 0.144. The normalized spacial score (nSPS) is 19.0. The number of aliphatic hydroxyl groups excluding tert-OH is 1. The molecule has 0 aliphatic carbocycles. The van der Waals surface area contributed by atoms with E-state index in [-0.39, 0.29) is 0 Å². The molecular weight excluding hydrogens is 316 g/mol. The van der Waals surface area contributed by atoms with Crippen LogP contribution in [0.4, 0.5) is 0 Å². The molecule has 2 aromatic rings. The van der Waals surface area contributed by atoms with Gasteiger partial charge in [-0.25, -0.2) is 0 Å². The second-order valence-electron chi connectivity index (χ2n) is 5.14. The summed E-state index contributed by atoms with van der Waals surface area (Å²) < 4.78 is 6.64. The SMILES string of the molecule is OC(CC1CCOc2ccccc21)c1ccccc1Br. The van der Waals surface area contributed by atoms with Gasteiger partial charge in [0.15, 0.2) is 0 Å². The minimum absolute atomic E-state index is 0.349. The van der Waals surface area contributed by atoms with Gasteiger partial charge in [0.1, 0.15) is 5.75 Å². The van der Waals surface area contributed by atoms with E-state index in [4.69, 9.17) is 4.74 Å². The van der Waals surface area contributed by atoms with Gasteiger partial charge in [-0.2, -0.15) is 0 Å². The molecule has 1 aliphatic heterocycles. The zero-order valence-corrected chi connectivity index (χ0v) is 12.7. The summed E-state index contributed by atoms with van der Waals surface area (Å²) in [4.78, 5) is 0. The molecule has 0 amide bonds. The van der Waals surface area contributed by atoms with Crippen molar-refractivity contribution in [3.05, 3.63) is 64.1 Å². The van der Waals surface area contributed by atoms with Gasteiger partial charge in [-0.15, -0.1) is 0 Å². The molecule has 3 heteroatoms. The van der Waals surface area contributed by atoms with Crippen LogP contribution in [0, 0.1) is 0 Å². The number of aliphatic hydroxyl groups is 1. The summed E-state index contributed by atoms with van der Waals surface area (Å²) in [5.74, 6) is 1.31. The van der Waals surface area contributed by atoms with Crippen LogP contribution < -0.4 is 4.74 Å². The fourth-order valence-electron chi connectivity index (χ4n) is 2.80. The van der Waals surface area contributed by atoms with Crippen molar-refractivity contribution >= 4 is 15.9 Å². The first-order valence-electron chi connectivity index (χ1n) is 6.90. The van der Waals surface area contributed by atoms with Crippen LogP contribution in [0.2, 0.25) is 0 Å². The molecule has 1 N–H and O–H groups in total. The molecule has 0 aromatic heterocycles. The molecule has 0 saturated heterocycles. The van der Waals surface area contributed by atoms with Gasteiger partial charge in [0, 0.05) is 4.47 Å². The van der Waals surface area contributed by atoms with Gasteiger partial charge in [-0.1, -0.05) is 52.3 Å². The third-order valence-electron chi connectivity index (χ3n) is 3.85. The first-order chi connectivity index (χ1) is 9.75. The standard InChI is InChI=1S/C17H17BrO2/c18-15-7-3-1-6-14(15)16(19)11-12-9-10-20-17-8-4-2-5-13(12)17/h1-8,12,16,19H,9-11H2. The van der Waals surface area contributed by atoms with E-state index in [0.29, 0.717) is 5.92 Å². The van der Waals surface area contributed by atoms with E-state index in [1.165, 1.54) is 5.56 Å². The summed E-state index contributed by atoms with van der Waals surface area (Å²) in [5.41, 5.74) is 2.17. The van der Waals surface area contributed by atoms with E-state index in [2.05, 4.69) is 22.0 Å². The third-order valence-corrected chi connectivity index (χ3v) is 4.58. The Labute approximate surface area is 127 Å². The maximum Gasteiger partial charge on any atom is 0.122 e. The Hall–Kier alpha value is -1.32. The lowest BCUT2D eigenvalue weighted by Crippen LogP contribution is -2.16. The molecule has 20 heavy (non-hydrogen) atoms. The van der Waals surface area contributed by atoms with Crippen molar-refractivity contribution in [2.24, 2.45) is 0 Å². The van der Waals surface area contributed by atoms with Crippen LogP contribution in [0.5, 0.6) is 5.75 Å². The molecule has 3 rings (SSSR count). The van der Waals surface area contributed by atoms with Crippen molar-refractivity contribution in [2.75, 3.05) is 6.61 Å². The van der Waals surface area contributed by atoms with E-state index in [1.54, 1.807) is 0 Å². The maximum absolute atomic E-state index is 10.5. The smallest absolute Gasteiger partial charge is 0.122 e. The molecule has 0 spiro atoms. The molecule has 1 aliphatic rings. The number of benzene rings is 2. The number of hydrogen-bond donors (Lipinski definition) is 1. The van der Waals surface area contributed by atoms with Crippen molar-refractivity contribution in [3.63, 3.8) is 0 Å². The molecule has 2 unspecified atom stereocenters. The first kappa shape index (κ1) is 13.7. The Bertz CT molecular complexity index is 597. The molecular formula is C17H17BrO2. The predicted molar refractivity (Wildman–Crippen MR) is 83.0 cm³/mol. The number of halogens is 1. The number of para-hydroxylation sites is 1. The summed E-state index contributed by atoms with van der Waals surface area (Å²) in [6.07, 6.45) is 1.23. The molecule has 2 aromatic carbocycles. The van der Waals surface area contributed by atoms with Gasteiger partial charge in [0.2, 0.25) is 0 Å². The zero-order valence-electron chi connectivity index (χ0n) is 11.1. The topological polar surface area (TPSA) is 29.5 Å². The minimum atomic E-state index is -0.457. The Kier molecular flexibility index (Phi) is 4.08. The summed E-state index contributed by atoms with van der Waals surface area (Å²) in [7, 11) is 0. The highest BCUT2D eigenvalue weighted by Gasteiger charge is 2.24. The molecule has 2 atom stereocenters. The van der Waals surface area contributed by atoms with Crippen molar-refractivity contribution in [2.45, 2.75) is 24.9 Å². The molecule has 2 nitrogen and oxygen atoms in total. The van der Waals surface area contributed by atoms with Crippen molar-refractivity contribution in [1.82, 2.24) is 0 Å². The highest BCUT2D eigenvalue weighted by Crippen LogP contribution is 2.39. The number of rotatable bonds is 3. The van der Waals surface area contributed by atoms with Gasteiger partial charge in [-0.05, 0) is 42.0 Å². The fourth-order valence-corrected chi connectivity index (χ4v) is 3.35. The van der Waals surface area contributed by atoms with Crippen LogP contribution in [-0.4, -0.2) is 11.7 Å². The van der Waals surface area contributed by atoms with Crippen LogP contribution in [0.1, 0.15) is 36.0 Å². The first-order valence-corrected chi connectivity index (χ1v) is 7.69. The zero-order chi connectivity index (χ0) is 13.9. The van der Waals surface area contributed by atoms with E-state index in [1.807, 2.05) is 42.5 Å². The van der Waals surface area contributed by atoms with E-state index >= 15 is 0 Å². The monoisotopic (exact) mass is 332 g/mol. The second kappa shape index (κ2) is 5.98. The largest absolute Gasteiger partial charge is 0.493 e. The van der Waals surface area contributed by atoms with Gasteiger partial charge >= 0.3 is 0 Å². The van der Waals surface area contributed by atoms with Gasteiger partial charge < -0.3 is 9.84 Å². The van der Waals surface area contributed by atoms with Crippen LogP contribution in [0.3, 0.4) is 0 Å². The number of fused-ring (bicyclic) bond motifs is 1. The van der Waals surface area contributed by atoms with Crippen molar-refractivity contribution in [1.29, 1.82) is 0 Å². The average molecular weight is 333 g/mol. The number of ether oxygens (including phenoxy) is 1. The summed E-state index contributed by atoms with van der Waals surface area (Å²) in [6.45, 7) is 0.727. The highest BCUT2D eigenvalue weighted by molar-refractivity contribution is 9.10. The lowest BCUT2D eigenvalue weighted by Gasteiger charge is -2.27. The van der Waals surface area contributed by atoms with Crippen LogP contribution in [0.25, 0.3) is 0 Å². The summed E-state index contributed by atoms with van der Waals surface area (Å²) in [5, 5.41) is 10.5. The fraction of sp³-hybridized carbons (Fsp3) is 0.294. The summed E-state index contributed by atoms with van der Waals surface area (Å²) in [6, 6.07) is 16.0. The third kappa shape index (κ3) is 2.74. The quantitative estimate of drug-likeness (QED) is 0.900. The van der Waals surface area contributed by atoms with E-state index in [9.17, 15) is 5.11 Å². The Morgan fingerprint density at radius 1 is 1.15 bits per heavy atom. The number of hydrogen-bond acceptors (Lipinski definition) is 2. The van der Waals surface area contributed by atoms with Crippen LogP contribution >= 0.6 is 15.9 Å². The Balaban J connectivity index is 1.81. The van der Waals surface area contributed by atoms with Crippen molar-refractivity contribution in [3.8, 4) is 5.75 Å². The van der Waals surface area contributed by atoms with Gasteiger partial charge in [-0.3, -0.25) is 0 Å². The van der Waals surface area contributed by atoms with Gasteiger partial charge in [0.25, 0.3) is 0 Å². The van der Waals surface area contributed by atoms with Crippen LogP contribution in [-0.2, 0) is 0 Å². The van der Waals surface area contributed by atoms with E-state index < -0.39 is 6.10 Å². The average Bonchev–Trinajstić information content (AvgIpc) is 2.48. The van der Waals surface area contributed by atoms with E-state index in [0.717, 1.165) is 35.2 Å². The molecule has 0 bridgehead atoms. The lowest BCUT2D eigenvalue weighted by atomic mass is 9.86. The molecule has 0 radical (unpaired) electrons. The summed E-state index contributed by atoms with van der Waals surface area (Å²) >= 11 is 3.51. The Morgan fingerprint density at radius 3 is 2.75 bits per heavy atom. The van der Waals surface area contributed by atoms with Gasteiger partial charge in [0.05, 0.1) is 12.7 Å². The molecule has 104 valence electrons.